The topological polar surface area (TPSA) is 3.24 Å². The van der Waals surface area contributed by atoms with E-state index >= 15 is 0 Å². The van der Waals surface area contributed by atoms with E-state index in [0.29, 0.717) is 0 Å². The molecule has 0 saturated carbocycles. The fraction of sp³-hybridized carbons (Fsp3) is 0.778. The number of hydrogen-bond donors (Lipinski definition) is 0. The molecule has 1 unspecified atom stereocenters. The van der Waals surface area contributed by atoms with Crippen LogP contribution in [0, 0.1) is 5.92 Å². The first-order valence-corrected chi connectivity index (χ1v) is 4.20. The van der Waals surface area contributed by atoms with Crippen molar-refractivity contribution in [1.82, 2.24) is 4.90 Å². The second-order valence-corrected chi connectivity index (χ2v) is 3.20. The van der Waals surface area contributed by atoms with Crippen LogP contribution < -0.4 is 0 Å². The average molecular weight is 139 g/mol. The van der Waals surface area contributed by atoms with Crippen LogP contribution in [0.15, 0.2) is 12.2 Å². The van der Waals surface area contributed by atoms with Gasteiger partial charge in [0.2, 0.25) is 0 Å². The lowest BCUT2D eigenvalue weighted by molar-refractivity contribution is 0.294. The fourth-order valence-electron chi connectivity index (χ4n) is 1.24. The summed E-state index contributed by atoms with van der Waals surface area (Å²) in [4.78, 5) is 2.48. The van der Waals surface area contributed by atoms with Gasteiger partial charge in [-0.15, -0.1) is 0 Å². The second kappa shape index (κ2) is 3.77. The Labute approximate surface area is 63.7 Å². The summed E-state index contributed by atoms with van der Waals surface area (Å²) in [6.45, 7) is 8.19. The Balaban J connectivity index is 2.13. The maximum atomic E-state index is 2.48. The van der Waals surface area contributed by atoms with Crippen LogP contribution in [0.4, 0.5) is 0 Å². The summed E-state index contributed by atoms with van der Waals surface area (Å²) in [7, 11) is 0. The van der Waals surface area contributed by atoms with Gasteiger partial charge in [0, 0.05) is 19.6 Å². The summed E-state index contributed by atoms with van der Waals surface area (Å²) in [6, 6.07) is 0. The zero-order valence-corrected chi connectivity index (χ0v) is 7.01. The normalized spacial score (nSPS) is 21.8. The SMILES string of the molecule is CCC(C)CN1CC=CC1. The molecule has 0 bridgehead atoms. The summed E-state index contributed by atoms with van der Waals surface area (Å²) in [5, 5.41) is 0. The summed E-state index contributed by atoms with van der Waals surface area (Å²) in [6.07, 6.45) is 5.81. The molecule has 10 heavy (non-hydrogen) atoms. The van der Waals surface area contributed by atoms with Crippen LogP contribution in [-0.2, 0) is 0 Å². The average Bonchev–Trinajstić information content (AvgIpc) is 2.40. The van der Waals surface area contributed by atoms with E-state index in [2.05, 4.69) is 30.9 Å². The number of rotatable bonds is 3. The Kier molecular flexibility index (Phi) is 2.94. The molecule has 0 radical (unpaired) electrons. The molecule has 0 aromatic carbocycles. The molecule has 0 saturated heterocycles. The third-order valence-electron chi connectivity index (χ3n) is 2.16. The van der Waals surface area contributed by atoms with Gasteiger partial charge in [-0.1, -0.05) is 32.4 Å². The van der Waals surface area contributed by atoms with Crippen LogP contribution in [0.2, 0.25) is 0 Å². The molecule has 1 heterocycles. The van der Waals surface area contributed by atoms with Crippen molar-refractivity contribution >= 4 is 0 Å². The van der Waals surface area contributed by atoms with Gasteiger partial charge in [0.1, 0.15) is 0 Å². The molecule has 0 amide bonds. The minimum atomic E-state index is 0.861. The summed E-state index contributed by atoms with van der Waals surface area (Å²) in [5.74, 6) is 0.861. The van der Waals surface area contributed by atoms with E-state index in [9.17, 15) is 0 Å². The van der Waals surface area contributed by atoms with Crippen LogP contribution >= 0.6 is 0 Å². The highest BCUT2D eigenvalue weighted by Gasteiger charge is 2.08. The third-order valence-corrected chi connectivity index (χ3v) is 2.16. The molecule has 1 nitrogen and oxygen atoms in total. The molecule has 0 fully saturated rings. The first kappa shape index (κ1) is 7.80. The van der Waals surface area contributed by atoms with Crippen molar-refractivity contribution in [2.45, 2.75) is 20.3 Å². The number of nitrogens with zero attached hydrogens (tertiary/aromatic N) is 1. The first-order valence-electron chi connectivity index (χ1n) is 4.20. The molecule has 1 rings (SSSR count). The zero-order chi connectivity index (χ0) is 7.40. The molecular weight excluding hydrogens is 122 g/mol. The maximum Gasteiger partial charge on any atom is 0.0167 e. The van der Waals surface area contributed by atoms with E-state index in [1.54, 1.807) is 0 Å². The molecule has 0 N–H and O–H groups in total. The van der Waals surface area contributed by atoms with Gasteiger partial charge in [0.05, 0.1) is 0 Å². The third kappa shape index (κ3) is 2.14. The van der Waals surface area contributed by atoms with Crippen molar-refractivity contribution in [2.24, 2.45) is 5.92 Å². The molecular formula is C9H17N. The molecule has 0 aromatic heterocycles. The summed E-state index contributed by atoms with van der Waals surface area (Å²) < 4.78 is 0. The Morgan fingerprint density at radius 2 is 2.00 bits per heavy atom. The molecule has 0 aliphatic carbocycles. The predicted molar refractivity (Wildman–Crippen MR) is 45.0 cm³/mol. The fourth-order valence-corrected chi connectivity index (χ4v) is 1.24. The van der Waals surface area contributed by atoms with Gasteiger partial charge in [0.15, 0.2) is 0 Å². The van der Waals surface area contributed by atoms with Gasteiger partial charge in [-0.25, -0.2) is 0 Å². The quantitative estimate of drug-likeness (QED) is 0.540. The predicted octanol–water partition coefficient (Wildman–Crippen LogP) is 1.90. The highest BCUT2D eigenvalue weighted by atomic mass is 15.1. The van der Waals surface area contributed by atoms with E-state index in [4.69, 9.17) is 0 Å². The molecule has 1 aliphatic rings. The standard InChI is InChI=1S/C9H17N/c1-3-9(2)8-10-6-4-5-7-10/h4-5,9H,3,6-8H2,1-2H3. The number of hydrogen-bond acceptors (Lipinski definition) is 1. The van der Waals surface area contributed by atoms with Crippen molar-refractivity contribution in [3.63, 3.8) is 0 Å². The Morgan fingerprint density at radius 1 is 1.40 bits per heavy atom. The van der Waals surface area contributed by atoms with Crippen molar-refractivity contribution in [3.05, 3.63) is 12.2 Å². The minimum absolute atomic E-state index is 0.861. The Hall–Kier alpha value is -0.300. The molecule has 1 aliphatic heterocycles. The maximum absolute atomic E-state index is 2.48. The van der Waals surface area contributed by atoms with Crippen molar-refractivity contribution in [1.29, 1.82) is 0 Å². The van der Waals surface area contributed by atoms with Crippen molar-refractivity contribution in [2.75, 3.05) is 19.6 Å². The monoisotopic (exact) mass is 139 g/mol. The molecule has 58 valence electrons. The van der Waals surface area contributed by atoms with Crippen LogP contribution in [0.3, 0.4) is 0 Å². The minimum Gasteiger partial charge on any atom is -0.296 e. The van der Waals surface area contributed by atoms with Crippen LogP contribution in [0.1, 0.15) is 20.3 Å². The lowest BCUT2D eigenvalue weighted by atomic mass is 10.1. The van der Waals surface area contributed by atoms with Crippen LogP contribution in [0.5, 0.6) is 0 Å². The second-order valence-electron chi connectivity index (χ2n) is 3.20. The Bertz CT molecular complexity index is 110. The van der Waals surface area contributed by atoms with Gasteiger partial charge < -0.3 is 0 Å². The van der Waals surface area contributed by atoms with Gasteiger partial charge in [-0.05, 0) is 5.92 Å². The smallest absolute Gasteiger partial charge is 0.0167 e. The lowest BCUT2D eigenvalue weighted by Crippen LogP contribution is -2.25. The van der Waals surface area contributed by atoms with Crippen molar-refractivity contribution < 1.29 is 0 Å². The van der Waals surface area contributed by atoms with E-state index < -0.39 is 0 Å². The lowest BCUT2D eigenvalue weighted by Gasteiger charge is -2.18. The van der Waals surface area contributed by atoms with Gasteiger partial charge >= 0.3 is 0 Å². The highest BCUT2D eigenvalue weighted by molar-refractivity contribution is 4.95. The summed E-state index contributed by atoms with van der Waals surface area (Å²) in [5.41, 5.74) is 0. The largest absolute Gasteiger partial charge is 0.296 e. The van der Waals surface area contributed by atoms with Crippen molar-refractivity contribution in [3.8, 4) is 0 Å². The Morgan fingerprint density at radius 3 is 2.50 bits per heavy atom. The van der Waals surface area contributed by atoms with Gasteiger partial charge in [-0.2, -0.15) is 0 Å². The van der Waals surface area contributed by atoms with Crippen LogP contribution in [-0.4, -0.2) is 24.5 Å². The van der Waals surface area contributed by atoms with E-state index in [0.717, 1.165) is 5.92 Å². The molecule has 0 spiro atoms. The highest BCUT2D eigenvalue weighted by Crippen LogP contribution is 2.06. The van der Waals surface area contributed by atoms with Gasteiger partial charge in [-0.3, -0.25) is 4.90 Å². The van der Waals surface area contributed by atoms with Gasteiger partial charge in [0.25, 0.3) is 0 Å². The van der Waals surface area contributed by atoms with E-state index in [1.807, 2.05) is 0 Å². The van der Waals surface area contributed by atoms with E-state index in [-0.39, 0.29) is 0 Å². The molecule has 1 heteroatoms. The zero-order valence-electron chi connectivity index (χ0n) is 7.01. The van der Waals surface area contributed by atoms with Crippen LogP contribution in [0.25, 0.3) is 0 Å². The first-order chi connectivity index (χ1) is 4.83. The molecule has 0 aromatic rings. The summed E-state index contributed by atoms with van der Waals surface area (Å²) >= 11 is 0. The molecule has 1 atom stereocenters. The van der Waals surface area contributed by atoms with E-state index in [1.165, 1.54) is 26.1 Å².